The van der Waals surface area contributed by atoms with Gasteiger partial charge in [0.2, 0.25) is 0 Å². The van der Waals surface area contributed by atoms with Crippen LogP contribution in [0.15, 0.2) is 0 Å². The van der Waals surface area contributed by atoms with Crippen molar-refractivity contribution in [3.05, 3.63) is 0 Å². The van der Waals surface area contributed by atoms with Gasteiger partial charge >= 0.3 is 0 Å². The molecule has 1 aliphatic carbocycles. The Kier molecular flexibility index (Phi) is 6.26. The van der Waals surface area contributed by atoms with E-state index < -0.39 is 0 Å². The van der Waals surface area contributed by atoms with E-state index in [1.807, 2.05) is 0 Å². The molecule has 2 nitrogen and oxygen atoms in total. The molecule has 90 valence electrons. The van der Waals surface area contributed by atoms with Gasteiger partial charge < -0.3 is 10.1 Å². The third kappa shape index (κ3) is 4.98. The molecule has 1 fully saturated rings. The molecule has 0 saturated heterocycles. The van der Waals surface area contributed by atoms with Crippen molar-refractivity contribution in [3.8, 4) is 0 Å². The summed E-state index contributed by atoms with van der Waals surface area (Å²) in [5.74, 6) is 0.886. The first-order valence-electron chi connectivity index (χ1n) is 6.50. The number of nitrogens with one attached hydrogen (secondary N) is 1. The van der Waals surface area contributed by atoms with E-state index in [-0.39, 0.29) is 0 Å². The summed E-state index contributed by atoms with van der Waals surface area (Å²) in [4.78, 5) is 0. The smallest absolute Gasteiger partial charge is 0.0667 e. The van der Waals surface area contributed by atoms with Crippen LogP contribution in [0.2, 0.25) is 0 Å². The second kappa shape index (κ2) is 7.24. The maximum atomic E-state index is 5.25. The molecule has 0 aromatic heterocycles. The zero-order valence-electron chi connectivity index (χ0n) is 10.6. The first-order chi connectivity index (χ1) is 7.24. The molecular weight excluding hydrogens is 186 g/mol. The number of hydrogen-bond acceptors (Lipinski definition) is 2. The lowest BCUT2D eigenvalue weighted by Gasteiger charge is -2.25. The predicted molar refractivity (Wildman–Crippen MR) is 65.1 cm³/mol. The molecule has 0 aromatic carbocycles. The second-order valence-electron chi connectivity index (χ2n) is 4.99. The van der Waals surface area contributed by atoms with E-state index in [1.54, 1.807) is 7.11 Å². The number of ether oxygens (including phenoxy) is 1. The summed E-state index contributed by atoms with van der Waals surface area (Å²) in [5.41, 5.74) is 0. The topological polar surface area (TPSA) is 21.3 Å². The minimum atomic E-state index is 0.332. The molecule has 0 aromatic rings. The maximum absolute atomic E-state index is 5.25. The molecule has 0 radical (unpaired) electrons. The summed E-state index contributed by atoms with van der Waals surface area (Å²) in [6, 6.07) is 0.653. The zero-order valence-corrected chi connectivity index (χ0v) is 10.6. The van der Waals surface area contributed by atoms with Crippen molar-refractivity contribution in [2.75, 3.05) is 13.7 Å². The van der Waals surface area contributed by atoms with Crippen molar-refractivity contribution < 1.29 is 4.74 Å². The molecule has 2 heteroatoms. The van der Waals surface area contributed by atoms with E-state index in [4.69, 9.17) is 4.74 Å². The van der Waals surface area contributed by atoms with Gasteiger partial charge in [-0.2, -0.15) is 0 Å². The van der Waals surface area contributed by atoms with Crippen LogP contribution in [0.4, 0.5) is 0 Å². The lowest BCUT2D eigenvalue weighted by atomic mass is 9.93. The lowest BCUT2D eigenvalue weighted by molar-refractivity contribution is 0.111. The Hall–Kier alpha value is -0.0800. The summed E-state index contributed by atoms with van der Waals surface area (Å²) in [7, 11) is 1.78. The Morgan fingerprint density at radius 2 is 1.73 bits per heavy atom. The molecule has 0 spiro atoms. The first kappa shape index (κ1) is 13.0. The minimum absolute atomic E-state index is 0.332. The minimum Gasteiger partial charge on any atom is -0.380 e. The molecule has 1 N–H and O–H groups in total. The van der Waals surface area contributed by atoms with Gasteiger partial charge in [0.15, 0.2) is 0 Å². The largest absolute Gasteiger partial charge is 0.380 e. The van der Waals surface area contributed by atoms with Crippen molar-refractivity contribution in [2.45, 2.75) is 64.5 Å². The summed E-state index contributed by atoms with van der Waals surface area (Å²) < 4.78 is 5.25. The molecule has 1 rings (SSSR count). The van der Waals surface area contributed by atoms with Crippen molar-refractivity contribution in [2.24, 2.45) is 5.92 Å². The SMILES string of the molecule is COC(C)CN[C@@H](C)C1CCCCCC1. The third-order valence-corrected chi connectivity index (χ3v) is 3.74. The third-order valence-electron chi connectivity index (χ3n) is 3.74. The van der Waals surface area contributed by atoms with E-state index in [1.165, 1.54) is 38.5 Å². The summed E-state index contributed by atoms with van der Waals surface area (Å²) in [6.45, 7) is 5.43. The molecule has 1 unspecified atom stereocenters. The fourth-order valence-corrected chi connectivity index (χ4v) is 2.41. The Bertz CT molecular complexity index is 153. The Balaban J connectivity index is 2.22. The van der Waals surface area contributed by atoms with Crippen LogP contribution in [-0.4, -0.2) is 25.8 Å². The highest BCUT2D eigenvalue weighted by Gasteiger charge is 2.18. The van der Waals surface area contributed by atoms with E-state index in [0.717, 1.165) is 12.5 Å². The lowest BCUT2D eigenvalue weighted by Crippen LogP contribution is -2.38. The molecule has 15 heavy (non-hydrogen) atoms. The van der Waals surface area contributed by atoms with Gasteiger partial charge in [0.1, 0.15) is 0 Å². The van der Waals surface area contributed by atoms with Gasteiger partial charge in [-0.3, -0.25) is 0 Å². The zero-order chi connectivity index (χ0) is 11.1. The fourth-order valence-electron chi connectivity index (χ4n) is 2.41. The highest BCUT2D eigenvalue weighted by atomic mass is 16.5. The van der Waals surface area contributed by atoms with Crippen molar-refractivity contribution in [1.82, 2.24) is 5.32 Å². The van der Waals surface area contributed by atoms with E-state index in [9.17, 15) is 0 Å². The Labute approximate surface area is 94.8 Å². The summed E-state index contributed by atoms with van der Waals surface area (Å²) in [6.07, 6.45) is 8.89. The summed E-state index contributed by atoms with van der Waals surface area (Å²) in [5, 5.41) is 3.61. The van der Waals surface area contributed by atoms with Crippen molar-refractivity contribution in [1.29, 1.82) is 0 Å². The van der Waals surface area contributed by atoms with Gasteiger partial charge in [0, 0.05) is 19.7 Å². The second-order valence-corrected chi connectivity index (χ2v) is 4.99. The van der Waals surface area contributed by atoms with Crippen LogP contribution in [0.25, 0.3) is 0 Å². The van der Waals surface area contributed by atoms with Crippen molar-refractivity contribution >= 4 is 0 Å². The van der Waals surface area contributed by atoms with Crippen molar-refractivity contribution in [3.63, 3.8) is 0 Å². The number of rotatable bonds is 5. The molecular formula is C13H27NO. The average molecular weight is 213 g/mol. The Morgan fingerprint density at radius 1 is 1.13 bits per heavy atom. The van der Waals surface area contributed by atoms with E-state index in [0.29, 0.717) is 12.1 Å². The highest BCUT2D eigenvalue weighted by molar-refractivity contribution is 4.75. The monoisotopic (exact) mass is 213 g/mol. The van der Waals surface area contributed by atoms with Crippen LogP contribution in [0.5, 0.6) is 0 Å². The standard InChI is InChI=1S/C13H27NO/c1-11(15-3)10-14-12(2)13-8-6-4-5-7-9-13/h11-14H,4-10H2,1-3H3/t11?,12-/m0/s1. The number of hydrogen-bond donors (Lipinski definition) is 1. The number of methoxy groups -OCH3 is 1. The van der Waals surface area contributed by atoms with E-state index in [2.05, 4.69) is 19.2 Å². The molecule has 2 atom stereocenters. The van der Waals surface area contributed by atoms with Gasteiger partial charge in [-0.25, -0.2) is 0 Å². The molecule has 1 aliphatic rings. The predicted octanol–water partition coefficient (Wildman–Crippen LogP) is 2.97. The maximum Gasteiger partial charge on any atom is 0.0667 e. The van der Waals surface area contributed by atoms with Crippen LogP contribution in [-0.2, 0) is 4.74 Å². The fraction of sp³-hybridized carbons (Fsp3) is 1.00. The Morgan fingerprint density at radius 3 is 2.27 bits per heavy atom. The summed E-state index contributed by atoms with van der Waals surface area (Å²) >= 11 is 0. The quantitative estimate of drug-likeness (QED) is 0.709. The van der Waals surface area contributed by atoms with E-state index >= 15 is 0 Å². The highest BCUT2D eigenvalue weighted by Crippen LogP contribution is 2.25. The van der Waals surface area contributed by atoms with Crippen LogP contribution in [0, 0.1) is 5.92 Å². The molecule has 0 bridgehead atoms. The first-order valence-corrected chi connectivity index (χ1v) is 6.50. The average Bonchev–Trinajstić information content (AvgIpc) is 2.53. The van der Waals surface area contributed by atoms with Gasteiger partial charge in [-0.05, 0) is 32.6 Å². The van der Waals surface area contributed by atoms with Gasteiger partial charge in [0.25, 0.3) is 0 Å². The van der Waals surface area contributed by atoms with Gasteiger partial charge in [0.05, 0.1) is 6.10 Å². The van der Waals surface area contributed by atoms with Gasteiger partial charge in [-0.1, -0.05) is 25.7 Å². The normalized spacial score (nSPS) is 23.4. The molecule has 0 amide bonds. The molecule has 1 saturated carbocycles. The van der Waals surface area contributed by atoms with Gasteiger partial charge in [-0.15, -0.1) is 0 Å². The van der Waals surface area contributed by atoms with Crippen LogP contribution >= 0.6 is 0 Å². The van der Waals surface area contributed by atoms with Crippen LogP contribution in [0.1, 0.15) is 52.4 Å². The molecule has 0 heterocycles. The van der Waals surface area contributed by atoms with Crippen LogP contribution in [0.3, 0.4) is 0 Å². The molecule has 0 aliphatic heterocycles. The van der Waals surface area contributed by atoms with Crippen LogP contribution < -0.4 is 5.32 Å².